The lowest BCUT2D eigenvalue weighted by molar-refractivity contribution is 0.628. The van der Waals surface area contributed by atoms with Gasteiger partial charge in [0.05, 0.1) is 11.2 Å². The van der Waals surface area contributed by atoms with E-state index in [-0.39, 0.29) is 11.4 Å². The van der Waals surface area contributed by atoms with Crippen LogP contribution in [0.1, 0.15) is 24.4 Å². The molecule has 3 rings (SSSR count). The van der Waals surface area contributed by atoms with E-state index in [1.165, 1.54) is 12.1 Å². The maximum Gasteiger partial charge on any atom is 0.149 e. The number of hydrogen-bond acceptors (Lipinski definition) is 3. The Bertz CT molecular complexity index is 606. The fourth-order valence-electron chi connectivity index (χ4n) is 1.95. The topological polar surface area (TPSA) is 51.8 Å². The van der Waals surface area contributed by atoms with E-state index in [4.69, 9.17) is 5.73 Å². The molecule has 2 N–H and O–H groups in total. The van der Waals surface area contributed by atoms with E-state index in [1.807, 2.05) is 19.1 Å². The molecule has 1 saturated carbocycles. The van der Waals surface area contributed by atoms with E-state index in [2.05, 4.69) is 9.97 Å². The molecule has 1 fully saturated rings. The normalized spacial score (nSPS) is 16.6. The third-order valence-corrected chi connectivity index (χ3v) is 3.21. The summed E-state index contributed by atoms with van der Waals surface area (Å²) in [5.74, 6) is 0.404. The zero-order valence-corrected chi connectivity index (χ0v) is 10.2. The lowest BCUT2D eigenvalue weighted by Crippen LogP contribution is -2.22. The fraction of sp³-hybridized carbons (Fsp3) is 0.286. The van der Waals surface area contributed by atoms with E-state index >= 15 is 0 Å². The number of rotatable bonds is 2. The van der Waals surface area contributed by atoms with Crippen LogP contribution in [0.15, 0.2) is 30.3 Å². The molecule has 2 aromatic rings. The van der Waals surface area contributed by atoms with Crippen LogP contribution in [0.5, 0.6) is 0 Å². The average molecular weight is 243 g/mol. The molecule has 0 saturated heterocycles. The number of nitrogens with zero attached hydrogens (tertiary/aromatic N) is 2. The lowest BCUT2D eigenvalue weighted by atomic mass is 10.1. The molecule has 3 nitrogen and oxygen atoms in total. The molecule has 0 radical (unpaired) electrons. The molecule has 1 aromatic heterocycles. The Morgan fingerprint density at radius 3 is 2.67 bits per heavy atom. The lowest BCUT2D eigenvalue weighted by Gasteiger charge is -2.10. The quantitative estimate of drug-likeness (QED) is 0.881. The third-order valence-electron chi connectivity index (χ3n) is 3.21. The van der Waals surface area contributed by atoms with Crippen molar-refractivity contribution in [1.82, 2.24) is 9.97 Å². The van der Waals surface area contributed by atoms with Crippen molar-refractivity contribution in [2.75, 3.05) is 0 Å². The van der Waals surface area contributed by atoms with E-state index in [0.29, 0.717) is 5.82 Å². The number of benzene rings is 1. The highest BCUT2D eigenvalue weighted by Gasteiger charge is 2.43. The predicted molar refractivity (Wildman–Crippen MR) is 67.3 cm³/mol. The summed E-state index contributed by atoms with van der Waals surface area (Å²) in [4.78, 5) is 8.86. The molecule has 1 aliphatic rings. The fourth-order valence-corrected chi connectivity index (χ4v) is 1.95. The van der Waals surface area contributed by atoms with Gasteiger partial charge in [-0.3, -0.25) is 0 Å². The molecule has 92 valence electrons. The zero-order valence-electron chi connectivity index (χ0n) is 10.2. The van der Waals surface area contributed by atoms with Crippen molar-refractivity contribution in [3.63, 3.8) is 0 Å². The minimum absolute atomic E-state index is 0.265. The molecular weight excluding hydrogens is 229 g/mol. The minimum atomic E-state index is -0.367. The van der Waals surface area contributed by atoms with Crippen molar-refractivity contribution < 1.29 is 4.39 Å². The molecule has 0 atom stereocenters. The smallest absolute Gasteiger partial charge is 0.149 e. The van der Waals surface area contributed by atoms with E-state index < -0.39 is 0 Å². The number of aryl methyl sites for hydroxylation is 1. The molecule has 0 aliphatic heterocycles. The van der Waals surface area contributed by atoms with Gasteiger partial charge in [0.15, 0.2) is 0 Å². The van der Waals surface area contributed by atoms with Crippen molar-refractivity contribution in [2.24, 2.45) is 5.73 Å². The maximum atomic E-state index is 13.2. The van der Waals surface area contributed by atoms with Gasteiger partial charge in [0.1, 0.15) is 11.6 Å². The standard InChI is InChI=1S/C14H14FN3/c1-9-7-12(10-3-2-4-11(15)8-10)18-13(17-9)14(16)5-6-14/h2-4,7-8H,5-6,16H2,1H3. The van der Waals surface area contributed by atoms with Crippen LogP contribution >= 0.6 is 0 Å². The van der Waals surface area contributed by atoms with Gasteiger partial charge in [0.25, 0.3) is 0 Å². The first-order valence-corrected chi connectivity index (χ1v) is 5.98. The Kier molecular flexibility index (Phi) is 2.41. The molecule has 0 unspecified atom stereocenters. The Balaban J connectivity index is 2.09. The molecule has 18 heavy (non-hydrogen) atoms. The molecule has 4 heteroatoms. The largest absolute Gasteiger partial charge is 0.319 e. The van der Waals surface area contributed by atoms with Gasteiger partial charge in [0.2, 0.25) is 0 Å². The second kappa shape index (κ2) is 3.85. The summed E-state index contributed by atoms with van der Waals surface area (Å²) < 4.78 is 13.2. The summed E-state index contributed by atoms with van der Waals surface area (Å²) in [5, 5.41) is 0. The first-order valence-electron chi connectivity index (χ1n) is 5.98. The van der Waals surface area contributed by atoms with Crippen molar-refractivity contribution in [3.8, 4) is 11.3 Å². The second-order valence-corrected chi connectivity index (χ2v) is 4.88. The van der Waals surface area contributed by atoms with Crippen LogP contribution in [0.3, 0.4) is 0 Å². The highest BCUT2D eigenvalue weighted by Crippen LogP contribution is 2.41. The molecule has 0 amide bonds. The second-order valence-electron chi connectivity index (χ2n) is 4.88. The van der Waals surface area contributed by atoms with Crippen LogP contribution in [0.4, 0.5) is 4.39 Å². The molecular formula is C14H14FN3. The minimum Gasteiger partial charge on any atom is -0.319 e. The zero-order chi connectivity index (χ0) is 12.8. The van der Waals surface area contributed by atoms with Gasteiger partial charge in [0, 0.05) is 11.3 Å². The van der Waals surface area contributed by atoms with Crippen LogP contribution in [0, 0.1) is 12.7 Å². The van der Waals surface area contributed by atoms with Crippen LogP contribution in [-0.2, 0) is 5.54 Å². The average Bonchev–Trinajstić information content (AvgIpc) is 3.08. The van der Waals surface area contributed by atoms with Crippen molar-refractivity contribution in [2.45, 2.75) is 25.3 Å². The highest BCUT2D eigenvalue weighted by atomic mass is 19.1. The van der Waals surface area contributed by atoms with Gasteiger partial charge in [-0.05, 0) is 38.0 Å². The van der Waals surface area contributed by atoms with E-state index in [0.717, 1.165) is 29.8 Å². The van der Waals surface area contributed by atoms with Gasteiger partial charge in [-0.15, -0.1) is 0 Å². The third kappa shape index (κ3) is 1.99. The Labute approximate surface area is 105 Å². The SMILES string of the molecule is Cc1cc(-c2cccc(F)c2)nc(C2(N)CC2)n1. The van der Waals surface area contributed by atoms with Gasteiger partial charge in [-0.25, -0.2) is 14.4 Å². The van der Waals surface area contributed by atoms with Gasteiger partial charge >= 0.3 is 0 Å². The van der Waals surface area contributed by atoms with Gasteiger partial charge in [-0.1, -0.05) is 12.1 Å². The molecule has 1 heterocycles. The number of aromatic nitrogens is 2. The summed E-state index contributed by atoms with van der Waals surface area (Å²) in [6.45, 7) is 1.90. The van der Waals surface area contributed by atoms with Crippen LogP contribution in [0.2, 0.25) is 0 Å². The van der Waals surface area contributed by atoms with Crippen molar-refractivity contribution in [3.05, 3.63) is 47.7 Å². The Morgan fingerprint density at radius 2 is 2.00 bits per heavy atom. The van der Waals surface area contributed by atoms with E-state index in [9.17, 15) is 4.39 Å². The summed E-state index contributed by atoms with van der Waals surface area (Å²) in [7, 11) is 0. The summed E-state index contributed by atoms with van der Waals surface area (Å²) in [6, 6.07) is 8.26. The molecule has 0 bridgehead atoms. The number of hydrogen-bond donors (Lipinski definition) is 1. The predicted octanol–water partition coefficient (Wildman–Crippen LogP) is 2.54. The molecule has 0 spiro atoms. The Hall–Kier alpha value is -1.81. The number of nitrogens with two attached hydrogens (primary N) is 1. The van der Waals surface area contributed by atoms with Crippen LogP contribution in [0.25, 0.3) is 11.3 Å². The first kappa shape index (κ1) is 11.3. The van der Waals surface area contributed by atoms with Crippen LogP contribution < -0.4 is 5.73 Å². The number of halogens is 1. The molecule has 1 aromatic carbocycles. The van der Waals surface area contributed by atoms with Crippen LogP contribution in [-0.4, -0.2) is 9.97 Å². The maximum absolute atomic E-state index is 13.2. The highest BCUT2D eigenvalue weighted by molar-refractivity contribution is 5.59. The van der Waals surface area contributed by atoms with Crippen molar-refractivity contribution in [1.29, 1.82) is 0 Å². The van der Waals surface area contributed by atoms with E-state index in [1.54, 1.807) is 6.07 Å². The molecule has 1 aliphatic carbocycles. The summed E-state index contributed by atoms with van der Waals surface area (Å²) >= 11 is 0. The first-order chi connectivity index (χ1) is 8.57. The van der Waals surface area contributed by atoms with Crippen molar-refractivity contribution >= 4 is 0 Å². The van der Waals surface area contributed by atoms with Gasteiger partial charge in [-0.2, -0.15) is 0 Å². The Morgan fingerprint density at radius 1 is 1.22 bits per heavy atom. The summed E-state index contributed by atoms with van der Waals surface area (Å²) in [5.41, 5.74) is 8.09. The summed E-state index contributed by atoms with van der Waals surface area (Å²) in [6.07, 6.45) is 1.83. The monoisotopic (exact) mass is 243 g/mol. The van der Waals surface area contributed by atoms with Gasteiger partial charge < -0.3 is 5.73 Å².